The van der Waals surface area contributed by atoms with Crippen LogP contribution in [0.3, 0.4) is 0 Å². The molecule has 0 spiro atoms. The Hall–Kier alpha value is -2.07. The molecule has 4 rings (SSSR count). The van der Waals surface area contributed by atoms with E-state index in [1.165, 1.54) is 17.7 Å². The molecule has 2 bridgehead atoms. The summed E-state index contributed by atoms with van der Waals surface area (Å²) in [6, 6.07) is 13.9. The highest BCUT2D eigenvalue weighted by Gasteiger charge is 2.34. The van der Waals surface area contributed by atoms with E-state index >= 15 is 0 Å². The van der Waals surface area contributed by atoms with Crippen molar-refractivity contribution in [3.8, 4) is 5.75 Å². The number of para-hydroxylation sites is 1. The molecule has 2 aliphatic rings. The maximum atomic E-state index is 12.1. The molecular formula is C19H22N2O2. The van der Waals surface area contributed by atoms with Gasteiger partial charge in [0.2, 0.25) is 0 Å². The third-order valence-electron chi connectivity index (χ3n) is 5.14. The van der Waals surface area contributed by atoms with Gasteiger partial charge in [-0.2, -0.15) is 0 Å². The molecule has 1 aromatic heterocycles. The van der Waals surface area contributed by atoms with E-state index in [-0.39, 0.29) is 5.56 Å². The summed E-state index contributed by atoms with van der Waals surface area (Å²) >= 11 is 0. The van der Waals surface area contributed by atoms with Gasteiger partial charge in [-0.3, -0.25) is 9.69 Å². The Balaban J connectivity index is 1.58. The molecule has 1 saturated heterocycles. The topological polar surface area (TPSA) is 34.5 Å². The van der Waals surface area contributed by atoms with Crippen molar-refractivity contribution in [3.05, 3.63) is 64.1 Å². The maximum Gasteiger partial charge on any atom is 0.250 e. The minimum Gasteiger partial charge on any atom is -0.496 e. The van der Waals surface area contributed by atoms with Crippen LogP contribution in [0.15, 0.2) is 47.3 Å². The van der Waals surface area contributed by atoms with Crippen LogP contribution in [-0.4, -0.2) is 29.7 Å². The largest absolute Gasteiger partial charge is 0.496 e. The highest BCUT2D eigenvalue weighted by Crippen LogP contribution is 2.36. The second kappa shape index (κ2) is 5.85. The second-order valence-corrected chi connectivity index (χ2v) is 6.70. The summed E-state index contributed by atoms with van der Waals surface area (Å²) in [6.07, 6.45) is 1.20. The SMILES string of the molecule is COc1ccccc1CN1CC2CC(C1)c1cccc(=O)n1C2. The zero-order valence-corrected chi connectivity index (χ0v) is 13.4. The number of rotatable bonds is 3. The van der Waals surface area contributed by atoms with Gasteiger partial charge in [0, 0.05) is 49.4 Å². The van der Waals surface area contributed by atoms with Gasteiger partial charge in [0.15, 0.2) is 0 Å². The van der Waals surface area contributed by atoms with Crippen molar-refractivity contribution in [2.24, 2.45) is 5.92 Å². The van der Waals surface area contributed by atoms with Gasteiger partial charge in [-0.15, -0.1) is 0 Å². The number of aromatic nitrogens is 1. The van der Waals surface area contributed by atoms with Crippen molar-refractivity contribution in [2.45, 2.75) is 25.4 Å². The van der Waals surface area contributed by atoms with Crippen LogP contribution in [0.4, 0.5) is 0 Å². The monoisotopic (exact) mass is 310 g/mol. The van der Waals surface area contributed by atoms with Crippen molar-refractivity contribution in [1.82, 2.24) is 9.47 Å². The van der Waals surface area contributed by atoms with Crippen molar-refractivity contribution in [1.29, 1.82) is 0 Å². The van der Waals surface area contributed by atoms with Crippen LogP contribution in [0.1, 0.15) is 23.6 Å². The molecule has 3 heterocycles. The average molecular weight is 310 g/mol. The van der Waals surface area contributed by atoms with Crippen LogP contribution in [0.25, 0.3) is 0 Å². The molecule has 120 valence electrons. The first-order valence-electron chi connectivity index (χ1n) is 8.28. The van der Waals surface area contributed by atoms with E-state index in [1.807, 2.05) is 22.8 Å². The van der Waals surface area contributed by atoms with Gasteiger partial charge in [-0.25, -0.2) is 0 Å². The zero-order chi connectivity index (χ0) is 15.8. The number of pyridine rings is 1. The van der Waals surface area contributed by atoms with E-state index in [1.54, 1.807) is 13.2 Å². The van der Waals surface area contributed by atoms with Gasteiger partial charge < -0.3 is 9.30 Å². The first-order chi connectivity index (χ1) is 11.2. The Morgan fingerprint density at radius 3 is 2.83 bits per heavy atom. The van der Waals surface area contributed by atoms with Gasteiger partial charge in [0.1, 0.15) is 5.75 Å². The van der Waals surface area contributed by atoms with Gasteiger partial charge in [0.25, 0.3) is 5.56 Å². The molecule has 0 amide bonds. The summed E-state index contributed by atoms with van der Waals surface area (Å²) in [5.74, 6) is 1.99. The van der Waals surface area contributed by atoms with Gasteiger partial charge in [0.05, 0.1) is 7.11 Å². The van der Waals surface area contributed by atoms with Crippen LogP contribution < -0.4 is 10.3 Å². The normalized spacial score (nSPS) is 23.3. The smallest absolute Gasteiger partial charge is 0.250 e. The van der Waals surface area contributed by atoms with E-state index in [2.05, 4.69) is 23.1 Å². The molecule has 2 atom stereocenters. The van der Waals surface area contributed by atoms with Crippen LogP contribution >= 0.6 is 0 Å². The number of hydrogen-bond donors (Lipinski definition) is 0. The van der Waals surface area contributed by atoms with Crippen LogP contribution in [0.2, 0.25) is 0 Å². The minimum absolute atomic E-state index is 0.148. The van der Waals surface area contributed by atoms with E-state index < -0.39 is 0 Å². The van der Waals surface area contributed by atoms with Crippen LogP contribution in [0, 0.1) is 5.92 Å². The quantitative estimate of drug-likeness (QED) is 0.873. The Kier molecular flexibility index (Phi) is 3.69. The summed E-state index contributed by atoms with van der Waals surface area (Å²) in [7, 11) is 1.73. The van der Waals surface area contributed by atoms with Gasteiger partial charge in [-0.05, 0) is 24.5 Å². The third kappa shape index (κ3) is 2.68. The van der Waals surface area contributed by atoms with E-state index in [0.29, 0.717) is 11.8 Å². The Bertz CT molecular complexity index is 768. The average Bonchev–Trinajstić information content (AvgIpc) is 2.56. The number of hydrogen-bond acceptors (Lipinski definition) is 3. The lowest BCUT2D eigenvalue weighted by Gasteiger charge is -2.42. The molecule has 2 aliphatic heterocycles. The lowest BCUT2D eigenvalue weighted by Crippen LogP contribution is -2.46. The van der Waals surface area contributed by atoms with Gasteiger partial charge >= 0.3 is 0 Å². The third-order valence-corrected chi connectivity index (χ3v) is 5.14. The van der Waals surface area contributed by atoms with Crippen molar-refractivity contribution < 1.29 is 4.74 Å². The van der Waals surface area contributed by atoms with Crippen molar-refractivity contribution in [2.75, 3.05) is 20.2 Å². The molecule has 0 saturated carbocycles. The Morgan fingerprint density at radius 2 is 1.96 bits per heavy atom. The maximum absolute atomic E-state index is 12.1. The van der Waals surface area contributed by atoms with Gasteiger partial charge in [-0.1, -0.05) is 24.3 Å². The molecule has 2 aromatic rings. The van der Waals surface area contributed by atoms with Crippen molar-refractivity contribution in [3.63, 3.8) is 0 Å². The summed E-state index contributed by atoms with van der Waals surface area (Å²) in [4.78, 5) is 14.6. The minimum atomic E-state index is 0.148. The lowest BCUT2D eigenvalue weighted by atomic mass is 9.83. The van der Waals surface area contributed by atoms with E-state index in [4.69, 9.17) is 4.74 Å². The molecule has 4 nitrogen and oxygen atoms in total. The standard InChI is InChI=1S/C19H22N2O2/c1-23-18-7-3-2-5-15(18)12-20-10-14-9-16(13-20)17-6-4-8-19(22)21(17)11-14/h2-8,14,16H,9-13H2,1H3. The zero-order valence-electron chi connectivity index (χ0n) is 13.4. The number of likely N-dealkylation sites (tertiary alicyclic amines) is 1. The molecule has 0 radical (unpaired) electrons. The van der Waals surface area contributed by atoms with E-state index in [9.17, 15) is 4.79 Å². The number of piperidine rings is 1. The highest BCUT2D eigenvalue weighted by molar-refractivity contribution is 5.33. The molecule has 2 unspecified atom stereocenters. The molecule has 0 aliphatic carbocycles. The molecule has 1 fully saturated rings. The molecule has 4 heteroatoms. The number of nitrogens with zero attached hydrogens (tertiary/aromatic N) is 2. The fourth-order valence-corrected chi connectivity index (χ4v) is 4.20. The molecule has 1 aromatic carbocycles. The number of fused-ring (bicyclic) bond motifs is 4. The number of benzene rings is 1. The number of methoxy groups -OCH3 is 1. The lowest BCUT2D eigenvalue weighted by molar-refractivity contribution is 0.113. The van der Waals surface area contributed by atoms with Crippen LogP contribution in [0.5, 0.6) is 5.75 Å². The summed E-state index contributed by atoms with van der Waals surface area (Å²) in [6.45, 7) is 3.83. The predicted molar refractivity (Wildman–Crippen MR) is 89.8 cm³/mol. The first kappa shape index (κ1) is 14.5. The summed E-state index contributed by atoms with van der Waals surface area (Å²) in [5.41, 5.74) is 2.59. The van der Waals surface area contributed by atoms with Crippen molar-refractivity contribution >= 4 is 0 Å². The summed E-state index contributed by atoms with van der Waals surface area (Å²) < 4.78 is 7.47. The Labute approximate surface area is 136 Å². The molecular weight excluding hydrogens is 288 g/mol. The number of ether oxygens (including phenoxy) is 1. The fourth-order valence-electron chi connectivity index (χ4n) is 4.20. The first-order valence-corrected chi connectivity index (χ1v) is 8.28. The predicted octanol–water partition coefficient (Wildman–Crippen LogP) is 2.48. The fraction of sp³-hybridized carbons (Fsp3) is 0.421. The molecule has 23 heavy (non-hydrogen) atoms. The van der Waals surface area contributed by atoms with E-state index in [0.717, 1.165) is 31.9 Å². The van der Waals surface area contributed by atoms with Crippen LogP contribution in [-0.2, 0) is 13.1 Å². The molecule has 0 N–H and O–H groups in total. The second-order valence-electron chi connectivity index (χ2n) is 6.70. The Morgan fingerprint density at radius 1 is 1.09 bits per heavy atom. The summed E-state index contributed by atoms with van der Waals surface area (Å²) in [5, 5.41) is 0. The highest BCUT2D eigenvalue weighted by atomic mass is 16.5.